The van der Waals surface area contributed by atoms with Crippen molar-refractivity contribution in [3.05, 3.63) is 87.6 Å². The van der Waals surface area contributed by atoms with Crippen LogP contribution in [0.1, 0.15) is 45.3 Å². The van der Waals surface area contributed by atoms with Crippen LogP contribution in [0.25, 0.3) is 0 Å². The van der Waals surface area contributed by atoms with E-state index in [0.29, 0.717) is 18.5 Å². The molecule has 1 heterocycles. The van der Waals surface area contributed by atoms with Crippen molar-refractivity contribution in [3.8, 4) is 0 Å². The van der Waals surface area contributed by atoms with Crippen LogP contribution in [0, 0.1) is 0 Å². The fourth-order valence-corrected chi connectivity index (χ4v) is 4.04. The Kier molecular flexibility index (Phi) is 8.24. The molecule has 9 heteroatoms. The van der Waals surface area contributed by atoms with Gasteiger partial charge in [-0.2, -0.15) is 13.2 Å². The van der Waals surface area contributed by atoms with Crippen molar-refractivity contribution in [1.29, 1.82) is 0 Å². The summed E-state index contributed by atoms with van der Waals surface area (Å²) in [6.45, 7) is -0.398. The number of aliphatic hydroxyl groups is 1. The van der Waals surface area contributed by atoms with E-state index in [1.807, 2.05) is 17.5 Å². The summed E-state index contributed by atoms with van der Waals surface area (Å²) >= 11 is 1.64. The number of carbonyl (C=O) groups is 2. The highest BCUT2D eigenvalue weighted by Gasteiger charge is 2.34. The molecule has 0 saturated heterocycles. The van der Waals surface area contributed by atoms with Gasteiger partial charge in [0.25, 0.3) is 5.91 Å². The van der Waals surface area contributed by atoms with Gasteiger partial charge in [-0.1, -0.05) is 30.3 Å². The van der Waals surface area contributed by atoms with Crippen LogP contribution < -0.4 is 10.6 Å². The van der Waals surface area contributed by atoms with E-state index < -0.39 is 30.3 Å². The number of rotatable bonds is 9. The first-order chi connectivity index (χ1) is 15.7. The number of alkyl halides is 3. The lowest BCUT2D eigenvalue weighted by atomic mass is 10.0. The number of aryl methyl sites for hydroxylation is 1. The van der Waals surface area contributed by atoms with Gasteiger partial charge in [0.2, 0.25) is 5.91 Å². The number of hydrogen-bond donors (Lipinski definition) is 3. The molecule has 5 nitrogen and oxygen atoms in total. The zero-order chi connectivity index (χ0) is 23.8. The summed E-state index contributed by atoms with van der Waals surface area (Å²) in [5.41, 5.74) is -0.612. The normalized spacial score (nSPS) is 12.2. The zero-order valence-corrected chi connectivity index (χ0v) is 18.4. The van der Waals surface area contributed by atoms with E-state index in [0.717, 1.165) is 12.5 Å². The highest BCUT2D eigenvalue weighted by Crippen LogP contribution is 2.34. The summed E-state index contributed by atoms with van der Waals surface area (Å²) in [4.78, 5) is 25.8. The second-order valence-corrected chi connectivity index (χ2v) is 8.40. The van der Waals surface area contributed by atoms with Crippen LogP contribution in [-0.4, -0.2) is 23.5 Å². The Morgan fingerprint density at radius 1 is 1.03 bits per heavy atom. The Morgan fingerprint density at radius 2 is 1.82 bits per heavy atom. The number of benzene rings is 2. The topological polar surface area (TPSA) is 78.4 Å². The van der Waals surface area contributed by atoms with E-state index in [1.54, 1.807) is 23.5 Å². The van der Waals surface area contributed by atoms with Gasteiger partial charge in [0.1, 0.15) is 0 Å². The lowest BCUT2D eigenvalue weighted by Crippen LogP contribution is -2.29. The van der Waals surface area contributed by atoms with Crippen molar-refractivity contribution in [1.82, 2.24) is 5.32 Å². The van der Waals surface area contributed by atoms with Crippen LogP contribution in [0.4, 0.5) is 18.9 Å². The molecule has 1 atom stereocenters. The molecule has 0 saturated carbocycles. The predicted molar refractivity (Wildman–Crippen MR) is 121 cm³/mol. The molecule has 0 aliphatic carbocycles. The number of halogens is 3. The lowest BCUT2D eigenvalue weighted by Gasteiger charge is -2.18. The molecule has 174 valence electrons. The van der Waals surface area contributed by atoms with Crippen LogP contribution in [0.15, 0.2) is 66.0 Å². The van der Waals surface area contributed by atoms with E-state index in [-0.39, 0.29) is 17.0 Å². The summed E-state index contributed by atoms with van der Waals surface area (Å²) in [6, 6.07) is 14.9. The molecule has 0 bridgehead atoms. The average molecular weight is 477 g/mol. The summed E-state index contributed by atoms with van der Waals surface area (Å²) in [5, 5.41) is 17.4. The number of anilines is 1. The van der Waals surface area contributed by atoms with E-state index in [9.17, 15) is 27.9 Å². The van der Waals surface area contributed by atoms with Gasteiger partial charge in [0.05, 0.1) is 11.7 Å². The molecular weight excluding hydrogens is 453 g/mol. The maximum atomic E-state index is 13.1. The van der Waals surface area contributed by atoms with Gasteiger partial charge in [-0.25, -0.2) is 0 Å². The van der Waals surface area contributed by atoms with Gasteiger partial charge in [0, 0.05) is 29.1 Å². The third-order valence-corrected chi connectivity index (χ3v) is 5.83. The second-order valence-electron chi connectivity index (χ2n) is 7.37. The molecule has 1 unspecified atom stereocenters. The number of amides is 2. The van der Waals surface area contributed by atoms with Gasteiger partial charge in [-0.3, -0.25) is 9.59 Å². The van der Waals surface area contributed by atoms with Gasteiger partial charge >= 0.3 is 6.18 Å². The standard InChI is InChI=1S/C24H23F3N2O3S/c25-24(26,27)20-11-2-1-10-19(20)21(30)15-28-23(32)16-6-3-7-17(14-16)29-22(31)12-4-8-18-9-5-13-33-18/h1-3,5-7,9-11,13-14,21,30H,4,8,12,15H2,(H,28,32)(H,29,31). The first-order valence-corrected chi connectivity index (χ1v) is 11.2. The molecule has 0 aliphatic heterocycles. The highest BCUT2D eigenvalue weighted by atomic mass is 32.1. The minimum absolute atomic E-state index is 0.178. The van der Waals surface area contributed by atoms with Gasteiger partial charge in [-0.05, 0) is 54.1 Å². The molecule has 2 aromatic carbocycles. The van der Waals surface area contributed by atoms with Crippen molar-refractivity contribution in [2.75, 3.05) is 11.9 Å². The Bertz CT molecular complexity index is 1080. The summed E-state index contributed by atoms with van der Waals surface area (Å²) < 4.78 is 39.4. The molecule has 2 amide bonds. The van der Waals surface area contributed by atoms with Gasteiger partial charge in [-0.15, -0.1) is 11.3 Å². The number of nitrogens with one attached hydrogen (secondary N) is 2. The summed E-state index contributed by atoms with van der Waals surface area (Å²) in [7, 11) is 0. The molecule has 3 rings (SSSR count). The van der Waals surface area contributed by atoms with E-state index in [2.05, 4.69) is 10.6 Å². The van der Waals surface area contributed by atoms with Crippen molar-refractivity contribution in [2.24, 2.45) is 0 Å². The molecule has 0 aliphatic rings. The Balaban J connectivity index is 1.53. The summed E-state index contributed by atoms with van der Waals surface area (Å²) in [6.07, 6.45) is -4.30. The van der Waals surface area contributed by atoms with Crippen LogP contribution in [0.3, 0.4) is 0 Å². The van der Waals surface area contributed by atoms with Crippen molar-refractivity contribution in [2.45, 2.75) is 31.5 Å². The van der Waals surface area contributed by atoms with Crippen LogP contribution in [0.5, 0.6) is 0 Å². The number of carbonyl (C=O) groups excluding carboxylic acids is 2. The monoisotopic (exact) mass is 476 g/mol. The van der Waals surface area contributed by atoms with E-state index in [4.69, 9.17) is 0 Å². The fourth-order valence-electron chi connectivity index (χ4n) is 3.29. The highest BCUT2D eigenvalue weighted by molar-refractivity contribution is 7.09. The summed E-state index contributed by atoms with van der Waals surface area (Å²) in [5.74, 6) is -0.754. The van der Waals surface area contributed by atoms with Crippen molar-refractivity contribution < 1.29 is 27.9 Å². The molecule has 0 spiro atoms. The average Bonchev–Trinajstić information content (AvgIpc) is 3.30. The maximum absolute atomic E-state index is 13.1. The third kappa shape index (κ3) is 7.16. The van der Waals surface area contributed by atoms with Gasteiger partial charge < -0.3 is 15.7 Å². The molecule has 0 fully saturated rings. The van der Waals surface area contributed by atoms with Crippen molar-refractivity contribution in [3.63, 3.8) is 0 Å². The van der Waals surface area contributed by atoms with E-state index >= 15 is 0 Å². The number of thiophene rings is 1. The minimum Gasteiger partial charge on any atom is -0.387 e. The Labute approximate surface area is 193 Å². The van der Waals surface area contributed by atoms with Gasteiger partial charge in [0.15, 0.2) is 0 Å². The molecular formula is C24H23F3N2O3S. The molecule has 1 aromatic heterocycles. The smallest absolute Gasteiger partial charge is 0.387 e. The molecule has 3 aromatic rings. The first kappa shape index (κ1) is 24.5. The Morgan fingerprint density at radius 3 is 2.55 bits per heavy atom. The second kappa shape index (κ2) is 11.1. The number of aliphatic hydroxyl groups excluding tert-OH is 1. The minimum atomic E-state index is -4.61. The fraction of sp³-hybridized carbons (Fsp3) is 0.250. The first-order valence-electron chi connectivity index (χ1n) is 10.3. The molecule has 3 N–H and O–H groups in total. The SMILES string of the molecule is O=C(CCCc1cccs1)Nc1cccc(C(=O)NCC(O)c2ccccc2C(F)(F)F)c1. The molecule has 0 radical (unpaired) electrons. The Hall–Kier alpha value is -3.17. The molecule has 33 heavy (non-hydrogen) atoms. The quantitative estimate of drug-likeness (QED) is 0.398. The van der Waals surface area contributed by atoms with E-state index in [1.165, 1.54) is 35.2 Å². The van der Waals surface area contributed by atoms with Crippen LogP contribution >= 0.6 is 11.3 Å². The van der Waals surface area contributed by atoms with Crippen LogP contribution in [0.2, 0.25) is 0 Å². The van der Waals surface area contributed by atoms with Crippen molar-refractivity contribution >= 4 is 28.8 Å². The predicted octanol–water partition coefficient (Wildman–Crippen LogP) is 5.19. The zero-order valence-electron chi connectivity index (χ0n) is 17.6. The largest absolute Gasteiger partial charge is 0.416 e. The lowest BCUT2D eigenvalue weighted by molar-refractivity contribution is -0.139. The third-order valence-electron chi connectivity index (χ3n) is 4.90. The number of hydrogen-bond acceptors (Lipinski definition) is 4. The maximum Gasteiger partial charge on any atom is 0.416 e. The van der Waals surface area contributed by atoms with Crippen LogP contribution in [-0.2, 0) is 17.4 Å².